The molecule has 5 aromatic carbocycles. The molecule has 4 heterocycles. The predicted octanol–water partition coefficient (Wildman–Crippen LogP) is 5.37. The van der Waals surface area contributed by atoms with E-state index < -0.39 is 66.3 Å². The van der Waals surface area contributed by atoms with E-state index in [4.69, 9.17) is 9.84 Å². The molecule has 0 aliphatic carbocycles. The molecule has 68 heavy (non-hydrogen) atoms. The lowest BCUT2D eigenvalue weighted by Gasteiger charge is -2.27. The van der Waals surface area contributed by atoms with Crippen molar-refractivity contribution in [2.45, 2.75) is 56.3 Å². The molecule has 4 unspecified atom stereocenters. The molecule has 346 valence electrons. The first-order valence-corrected chi connectivity index (χ1v) is 22.4. The van der Waals surface area contributed by atoms with Gasteiger partial charge in [0.05, 0.1) is 0 Å². The number of carbonyl (C=O) groups excluding carboxylic acids is 5. The van der Waals surface area contributed by atoms with Gasteiger partial charge in [0.2, 0.25) is 23.6 Å². The van der Waals surface area contributed by atoms with Crippen LogP contribution in [0.1, 0.15) is 35.1 Å². The highest BCUT2D eigenvalue weighted by atomic mass is 16.5. The Morgan fingerprint density at radius 1 is 0.662 bits per heavy atom. The molecule has 2 aliphatic heterocycles. The number of benzene rings is 5. The van der Waals surface area contributed by atoms with E-state index in [1.165, 1.54) is 0 Å². The standard InChI is InChI=1S/C53H51N7O8/c1-32(41-30-56-43-15-8-6-13-40(41)43)49-53(67)59-45(27-33-17-21-36(22-18-33)35-10-3-2-4-11-35)51(65)58-46(28-37-29-55-42-14-7-5-12-39(37)42)52(66)57-44(50(64)54-25-9-16-48(62)63)26-34-19-23-38(24-20-34)68-31-47(61)60-49/h2-8,10-15,17-24,29-30,44-46,49,55-56H,1,9,16,25-28,31H2,(H,54,64)(H,57,66)(H,58,65)(H,59,67)(H,60,61)(H,62,63). The Balaban J connectivity index is 1.17. The number of amides is 5. The fourth-order valence-corrected chi connectivity index (χ4v) is 8.33. The van der Waals surface area contributed by atoms with Crippen LogP contribution in [0.3, 0.4) is 0 Å². The van der Waals surface area contributed by atoms with E-state index in [2.05, 4.69) is 43.1 Å². The summed E-state index contributed by atoms with van der Waals surface area (Å²) < 4.78 is 5.85. The number of nitrogens with one attached hydrogen (secondary N) is 7. The zero-order chi connectivity index (χ0) is 47.6. The van der Waals surface area contributed by atoms with E-state index >= 15 is 0 Å². The summed E-state index contributed by atoms with van der Waals surface area (Å²) in [6.45, 7) is 3.85. The quantitative estimate of drug-likeness (QED) is 0.0587. The van der Waals surface area contributed by atoms with Crippen molar-refractivity contribution in [1.82, 2.24) is 36.6 Å². The van der Waals surface area contributed by atoms with Crippen molar-refractivity contribution in [1.29, 1.82) is 0 Å². The maximum Gasteiger partial charge on any atom is 0.303 e. The summed E-state index contributed by atoms with van der Waals surface area (Å²) in [6, 6.07) is 33.8. The summed E-state index contributed by atoms with van der Waals surface area (Å²) in [5.41, 5.74) is 6.37. The van der Waals surface area contributed by atoms with E-state index in [1.807, 2.05) is 103 Å². The van der Waals surface area contributed by atoms with Gasteiger partial charge in [-0.05, 0) is 64.1 Å². The number of fused-ring (bicyclic) bond motifs is 18. The number of aliphatic carboxylic acids is 1. The fourth-order valence-electron chi connectivity index (χ4n) is 8.33. The molecule has 5 amide bonds. The summed E-state index contributed by atoms with van der Waals surface area (Å²) in [5, 5.41) is 25.0. The van der Waals surface area contributed by atoms with Gasteiger partial charge < -0.3 is 46.4 Å². The Labute approximate surface area is 391 Å². The van der Waals surface area contributed by atoms with Gasteiger partial charge >= 0.3 is 5.97 Å². The first-order valence-electron chi connectivity index (χ1n) is 22.4. The number of H-pyrrole nitrogens is 2. The number of carboxylic acids is 1. The zero-order valence-electron chi connectivity index (χ0n) is 37.1. The van der Waals surface area contributed by atoms with Crippen LogP contribution in [-0.4, -0.2) is 87.9 Å². The minimum atomic E-state index is -1.38. The van der Waals surface area contributed by atoms with Crippen LogP contribution in [0.15, 0.2) is 146 Å². The van der Waals surface area contributed by atoms with E-state index in [0.717, 1.165) is 32.9 Å². The molecule has 4 atom stereocenters. The lowest BCUT2D eigenvalue weighted by Crippen LogP contribution is -2.59. The molecule has 2 aromatic heterocycles. The van der Waals surface area contributed by atoms with Crippen molar-refractivity contribution in [3.05, 3.63) is 169 Å². The summed E-state index contributed by atoms with van der Waals surface area (Å²) in [5.74, 6) is -4.02. The largest absolute Gasteiger partial charge is 0.484 e. The van der Waals surface area contributed by atoms with Crippen molar-refractivity contribution in [2.75, 3.05) is 13.2 Å². The highest BCUT2D eigenvalue weighted by Gasteiger charge is 2.34. The topological polar surface area (TPSA) is 224 Å². The molecule has 0 saturated carbocycles. The van der Waals surface area contributed by atoms with Crippen LogP contribution in [0, 0.1) is 0 Å². The molecule has 0 saturated heterocycles. The van der Waals surface area contributed by atoms with E-state index in [0.29, 0.717) is 28.0 Å². The third kappa shape index (κ3) is 11.3. The average molecular weight is 914 g/mol. The SMILES string of the molecule is C=C(c1c[nH]c2ccccc12)C1NC(=O)COc2ccc(cc2)CC(C(=O)NCCCC(=O)O)NC(=O)C(Cc2c[nH]c3ccccc23)NC(=O)C(Cc2ccc(-c3ccccc3)cc2)NC1=O. The van der Waals surface area contributed by atoms with Gasteiger partial charge in [0.1, 0.15) is 29.9 Å². The van der Waals surface area contributed by atoms with Crippen molar-refractivity contribution in [3.8, 4) is 16.9 Å². The van der Waals surface area contributed by atoms with Crippen molar-refractivity contribution >= 4 is 62.9 Å². The van der Waals surface area contributed by atoms with Gasteiger partial charge in [-0.1, -0.05) is 110 Å². The molecule has 9 rings (SSSR count). The molecule has 0 fully saturated rings. The monoisotopic (exact) mass is 913 g/mol. The molecule has 2 aliphatic rings. The Hall–Kier alpha value is -8.46. The highest BCUT2D eigenvalue weighted by Crippen LogP contribution is 2.27. The van der Waals surface area contributed by atoms with Gasteiger partial charge in [-0.15, -0.1) is 0 Å². The number of carboxylic acid groups (broad SMARTS) is 1. The van der Waals surface area contributed by atoms with Gasteiger partial charge in [-0.3, -0.25) is 28.8 Å². The van der Waals surface area contributed by atoms with Crippen LogP contribution in [0.5, 0.6) is 5.75 Å². The van der Waals surface area contributed by atoms with Crippen LogP contribution in [0.2, 0.25) is 0 Å². The van der Waals surface area contributed by atoms with Gasteiger partial charge in [-0.2, -0.15) is 0 Å². The number of aromatic amines is 2. The number of aromatic nitrogens is 2. The maximum absolute atomic E-state index is 14.9. The van der Waals surface area contributed by atoms with Crippen LogP contribution in [-0.2, 0) is 48.0 Å². The number of rotatable bonds is 12. The van der Waals surface area contributed by atoms with E-state index in [9.17, 15) is 28.8 Å². The van der Waals surface area contributed by atoms with Gasteiger partial charge in [-0.25, -0.2) is 0 Å². The Morgan fingerprint density at radius 3 is 2.01 bits per heavy atom. The Kier molecular flexibility index (Phi) is 14.4. The normalized spacial score (nSPS) is 18.2. The predicted molar refractivity (Wildman–Crippen MR) is 258 cm³/mol. The molecule has 15 heteroatoms. The summed E-state index contributed by atoms with van der Waals surface area (Å²) >= 11 is 0. The third-order valence-corrected chi connectivity index (χ3v) is 11.9. The third-order valence-electron chi connectivity index (χ3n) is 11.9. The van der Waals surface area contributed by atoms with Crippen molar-refractivity contribution in [3.63, 3.8) is 0 Å². The van der Waals surface area contributed by atoms with E-state index in [-0.39, 0.29) is 44.2 Å². The number of ether oxygens (including phenoxy) is 1. The van der Waals surface area contributed by atoms with Crippen molar-refractivity contribution in [2.24, 2.45) is 0 Å². The van der Waals surface area contributed by atoms with Gasteiger partial charge in [0, 0.05) is 72.0 Å². The molecule has 0 spiro atoms. The summed E-state index contributed by atoms with van der Waals surface area (Å²) in [7, 11) is 0. The first-order chi connectivity index (χ1) is 33.0. The molecule has 0 radical (unpaired) electrons. The molecular weight excluding hydrogens is 863 g/mol. The molecule has 15 nitrogen and oxygen atoms in total. The van der Waals surface area contributed by atoms with Crippen LogP contribution in [0.4, 0.5) is 0 Å². The fraction of sp³-hybridized carbons (Fsp3) is 0.208. The summed E-state index contributed by atoms with van der Waals surface area (Å²) in [4.78, 5) is 89.6. The van der Waals surface area contributed by atoms with Crippen molar-refractivity contribution < 1.29 is 38.6 Å². The maximum atomic E-state index is 14.9. The zero-order valence-corrected chi connectivity index (χ0v) is 37.1. The van der Waals surface area contributed by atoms with Crippen LogP contribution in [0.25, 0.3) is 38.5 Å². The number of para-hydroxylation sites is 2. The molecule has 7 aromatic rings. The smallest absolute Gasteiger partial charge is 0.303 e. The minimum Gasteiger partial charge on any atom is -0.484 e. The minimum absolute atomic E-state index is 0.0108. The second-order valence-corrected chi connectivity index (χ2v) is 16.7. The lowest BCUT2D eigenvalue weighted by molar-refractivity contribution is -0.137. The van der Waals surface area contributed by atoms with Gasteiger partial charge in [0.25, 0.3) is 5.91 Å². The second-order valence-electron chi connectivity index (χ2n) is 16.7. The number of carbonyl (C=O) groups is 6. The molecule has 8 N–H and O–H groups in total. The average Bonchev–Trinajstić information content (AvgIpc) is 3.98. The second kappa shape index (κ2) is 21.2. The van der Waals surface area contributed by atoms with Crippen LogP contribution < -0.4 is 31.3 Å². The first kappa shape index (κ1) is 46.1. The van der Waals surface area contributed by atoms with Gasteiger partial charge in [0.15, 0.2) is 6.61 Å². The Bertz CT molecular complexity index is 2960. The summed E-state index contributed by atoms with van der Waals surface area (Å²) in [6.07, 6.45) is 3.44. The Morgan fingerprint density at radius 2 is 1.28 bits per heavy atom. The molecule has 2 bridgehead atoms. The number of hydrogen-bond donors (Lipinski definition) is 8. The lowest BCUT2D eigenvalue weighted by atomic mass is 9.97. The van der Waals surface area contributed by atoms with Crippen LogP contribution >= 0.6 is 0 Å². The van der Waals surface area contributed by atoms with E-state index in [1.54, 1.807) is 36.7 Å². The number of hydrogen-bond acceptors (Lipinski definition) is 7. The highest BCUT2D eigenvalue weighted by molar-refractivity contribution is 6.05. The molecular formula is C53H51N7O8.